The van der Waals surface area contributed by atoms with E-state index in [2.05, 4.69) is 26.1 Å². The van der Waals surface area contributed by atoms with Crippen LogP contribution in [0.1, 0.15) is 41.0 Å². The smallest absolute Gasteiger partial charge is 0.0897 e. The lowest BCUT2D eigenvalue weighted by Gasteiger charge is -2.22. The largest absolute Gasteiger partial charge is 0.389 e. The first-order valence-electron chi connectivity index (χ1n) is 7.08. The van der Waals surface area contributed by atoms with Gasteiger partial charge in [-0.1, -0.05) is 20.8 Å². The topological polar surface area (TPSA) is 50.7 Å². The van der Waals surface area contributed by atoms with E-state index in [9.17, 15) is 5.11 Å². The Morgan fingerprint density at radius 2 is 1.78 bits per heavy atom. The highest BCUT2D eigenvalue weighted by Crippen LogP contribution is 2.05. The first-order valence-corrected chi connectivity index (χ1v) is 7.08. The van der Waals surface area contributed by atoms with Gasteiger partial charge in [0.1, 0.15) is 0 Å². The van der Waals surface area contributed by atoms with Crippen molar-refractivity contribution in [3.63, 3.8) is 0 Å². The highest BCUT2D eigenvalue weighted by Gasteiger charge is 2.12. The van der Waals surface area contributed by atoms with Crippen LogP contribution >= 0.6 is 0 Å². The van der Waals surface area contributed by atoms with Crippen molar-refractivity contribution in [3.05, 3.63) is 0 Å². The van der Waals surface area contributed by atoms with Crippen molar-refractivity contribution in [1.82, 2.24) is 5.32 Å². The minimum absolute atomic E-state index is 0.233. The first kappa shape index (κ1) is 17.8. The molecule has 0 rings (SSSR count). The molecule has 0 radical (unpaired) electrons. The van der Waals surface area contributed by atoms with Crippen molar-refractivity contribution in [3.8, 4) is 0 Å². The van der Waals surface area contributed by atoms with E-state index in [4.69, 9.17) is 9.47 Å². The highest BCUT2D eigenvalue weighted by molar-refractivity contribution is 4.70. The van der Waals surface area contributed by atoms with E-state index in [1.807, 2.05) is 13.8 Å². The van der Waals surface area contributed by atoms with Gasteiger partial charge in [0, 0.05) is 12.6 Å². The van der Waals surface area contributed by atoms with Crippen LogP contribution in [0.5, 0.6) is 0 Å². The molecule has 0 amide bonds. The lowest BCUT2D eigenvalue weighted by atomic mass is 10.0. The third kappa shape index (κ3) is 9.83. The van der Waals surface area contributed by atoms with Gasteiger partial charge >= 0.3 is 0 Å². The molecular formula is C14H31NO3. The van der Waals surface area contributed by atoms with Crippen LogP contribution in [0.3, 0.4) is 0 Å². The Balaban J connectivity index is 3.50. The first-order chi connectivity index (χ1) is 8.47. The van der Waals surface area contributed by atoms with Crippen molar-refractivity contribution in [2.75, 3.05) is 26.4 Å². The summed E-state index contributed by atoms with van der Waals surface area (Å²) in [7, 11) is 0. The zero-order chi connectivity index (χ0) is 14.0. The maximum Gasteiger partial charge on any atom is 0.0897 e. The Bertz CT molecular complexity index is 186. The molecule has 4 heteroatoms. The Morgan fingerprint density at radius 1 is 1.11 bits per heavy atom. The third-order valence-electron chi connectivity index (χ3n) is 2.85. The van der Waals surface area contributed by atoms with E-state index >= 15 is 0 Å². The molecule has 0 saturated heterocycles. The molecule has 110 valence electrons. The number of hydrogen-bond acceptors (Lipinski definition) is 4. The van der Waals surface area contributed by atoms with Gasteiger partial charge in [0.25, 0.3) is 0 Å². The van der Waals surface area contributed by atoms with Crippen molar-refractivity contribution in [2.45, 2.75) is 59.3 Å². The predicted molar refractivity (Wildman–Crippen MR) is 74.8 cm³/mol. The van der Waals surface area contributed by atoms with Crippen LogP contribution in [0.25, 0.3) is 0 Å². The molecule has 2 unspecified atom stereocenters. The molecule has 0 aromatic heterocycles. The number of nitrogens with one attached hydrogen (secondary N) is 1. The molecule has 0 aliphatic rings. The van der Waals surface area contributed by atoms with E-state index in [1.54, 1.807) is 0 Å². The maximum absolute atomic E-state index is 9.76. The zero-order valence-corrected chi connectivity index (χ0v) is 12.6. The van der Waals surface area contributed by atoms with E-state index in [0.29, 0.717) is 38.3 Å². The molecule has 0 aromatic rings. The van der Waals surface area contributed by atoms with Gasteiger partial charge in [-0.2, -0.15) is 0 Å². The molecule has 0 heterocycles. The van der Waals surface area contributed by atoms with Crippen LogP contribution < -0.4 is 5.32 Å². The van der Waals surface area contributed by atoms with Crippen molar-refractivity contribution >= 4 is 0 Å². The van der Waals surface area contributed by atoms with Gasteiger partial charge in [0.05, 0.1) is 32.0 Å². The van der Waals surface area contributed by atoms with Gasteiger partial charge in [-0.15, -0.1) is 0 Å². The molecule has 0 spiro atoms. The van der Waals surface area contributed by atoms with E-state index < -0.39 is 6.10 Å². The second kappa shape index (κ2) is 10.7. The molecule has 2 N–H and O–H groups in total. The number of hydrogen-bond donors (Lipinski definition) is 2. The summed E-state index contributed by atoms with van der Waals surface area (Å²) < 4.78 is 10.7. The molecule has 0 aliphatic carbocycles. The van der Waals surface area contributed by atoms with Crippen molar-refractivity contribution in [1.29, 1.82) is 0 Å². The Morgan fingerprint density at radius 3 is 2.28 bits per heavy atom. The maximum atomic E-state index is 9.76. The molecule has 0 bridgehead atoms. The molecule has 18 heavy (non-hydrogen) atoms. The fraction of sp³-hybridized carbons (Fsp3) is 1.00. The summed E-state index contributed by atoms with van der Waals surface area (Å²) in [5.74, 6) is 0.586. The highest BCUT2D eigenvalue weighted by atomic mass is 16.5. The Labute approximate surface area is 112 Å². The molecule has 2 atom stereocenters. The van der Waals surface area contributed by atoms with Gasteiger partial charge in [0.2, 0.25) is 0 Å². The van der Waals surface area contributed by atoms with Crippen LogP contribution in [0.15, 0.2) is 0 Å². The Kier molecular flexibility index (Phi) is 10.6. The van der Waals surface area contributed by atoms with Crippen molar-refractivity contribution < 1.29 is 14.6 Å². The van der Waals surface area contributed by atoms with E-state index in [0.717, 1.165) is 6.42 Å². The number of rotatable bonds is 11. The number of aliphatic hydroxyl groups excluding tert-OH is 1. The standard InChI is InChI=1S/C14H31NO3/c1-6-14(11(2)3)15-9-13(16)10-17-7-8-18-12(4)5/h11-16H,6-10H2,1-5H3. The van der Waals surface area contributed by atoms with E-state index in [-0.39, 0.29) is 6.10 Å². The average Bonchev–Trinajstić information content (AvgIpc) is 2.28. The van der Waals surface area contributed by atoms with Crippen LogP contribution in [-0.4, -0.2) is 49.7 Å². The zero-order valence-electron chi connectivity index (χ0n) is 12.6. The average molecular weight is 261 g/mol. The molecule has 0 saturated carbocycles. The predicted octanol–water partition coefficient (Wildman–Crippen LogP) is 1.81. The molecular weight excluding hydrogens is 230 g/mol. The summed E-state index contributed by atoms with van der Waals surface area (Å²) >= 11 is 0. The normalized spacial score (nSPS) is 15.3. The summed E-state index contributed by atoms with van der Waals surface area (Å²) in [5.41, 5.74) is 0. The number of aliphatic hydroxyl groups is 1. The lowest BCUT2D eigenvalue weighted by Crippen LogP contribution is -2.40. The van der Waals surface area contributed by atoms with Gasteiger partial charge in [0.15, 0.2) is 0 Å². The molecule has 0 aromatic carbocycles. The van der Waals surface area contributed by atoms with Crippen LogP contribution in [0, 0.1) is 5.92 Å². The van der Waals surface area contributed by atoms with Crippen LogP contribution in [0.2, 0.25) is 0 Å². The fourth-order valence-corrected chi connectivity index (χ4v) is 1.76. The minimum atomic E-state index is -0.447. The fourth-order valence-electron chi connectivity index (χ4n) is 1.76. The molecule has 0 fully saturated rings. The lowest BCUT2D eigenvalue weighted by molar-refractivity contribution is -0.0108. The third-order valence-corrected chi connectivity index (χ3v) is 2.85. The van der Waals surface area contributed by atoms with Crippen LogP contribution in [0.4, 0.5) is 0 Å². The van der Waals surface area contributed by atoms with Crippen molar-refractivity contribution in [2.24, 2.45) is 5.92 Å². The van der Waals surface area contributed by atoms with Gasteiger partial charge < -0.3 is 19.9 Å². The van der Waals surface area contributed by atoms with Gasteiger partial charge in [-0.25, -0.2) is 0 Å². The summed E-state index contributed by atoms with van der Waals surface area (Å²) in [6, 6.07) is 0.462. The quantitative estimate of drug-likeness (QED) is 0.557. The Hall–Kier alpha value is -0.160. The van der Waals surface area contributed by atoms with Gasteiger partial charge in [-0.3, -0.25) is 0 Å². The SMILES string of the molecule is CCC(NCC(O)COCCOC(C)C)C(C)C. The second-order valence-electron chi connectivity index (χ2n) is 5.32. The summed E-state index contributed by atoms with van der Waals surface area (Å²) in [6.45, 7) is 12.6. The second-order valence-corrected chi connectivity index (χ2v) is 5.32. The molecule has 0 aliphatic heterocycles. The summed E-state index contributed by atoms with van der Waals surface area (Å²) in [6.07, 6.45) is 0.862. The van der Waals surface area contributed by atoms with Crippen LogP contribution in [-0.2, 0) is 9.47 Å². The number of ether oxygens (including phenoxy) is 2. The summed E-state index contributed by atoms with van der Waals surface area (Å²) in [4.78, 5) is 0. The minimum Gasteiger partial charge on any atom is -0.389 e. The van der Waals surface area contributed by atoms with E-state index in [1.165, 1.54) is 0 Å². The molecule has 4 nitrogen and oxygen atoms in total. The monoisotopic (exact) mass is 261 g/mol. The summed E-state index contributed by atoms with van der Waals surface area (Å²) in [5, 5.41) is 13.1. The van der Waals surface area contributed by atoms with Gasteiger partial charge in [-0.05, 0) is 26.2 Å².